The van der Waals surface area contributed by atoms with Gasteiger partial charge in [-0.25, -0.2) is 16.8 Å². The van der Waals surface area contributed by atoms with Crippen molar-refractivity contribution in [1.82, 2.24) is 0 Å². The Balaban J connectivity index is 0.00000484. The summed E-state index contributed by atoms with van der Waals surface area (Å²) in [7, 11) is -8.53. The van der Waals surface area contributed by atoms with E-state index in [9.17, 15) is 25.9 Å². The molecule has 0 bridgehead atoms. The minimum Gasteiger partial charge on any atom is -0.748 e. The van der Waals surface area contributed by atoms with Crippen LogP contribution in [0.2, 0.25) is 10.0 Å². The largest absolute Gasteiger partial charge is 1.00 e. The van der Waals surface area contributed by atoms with Crippen molar-refractivity contribution in [3.05, 3.63) is 68.1 Å². The van der Waals surface area contributed by atoms with Gasteiger partial charge in [-0.2, -0.15) is 4.57 Å². The predicted octanol–water partition coefficient (Wildman–Crippen LogP) is 6.51. The van der Waals surface area contributed by atoms with Gasteiger partial charge in [0.1, 0.15) is 4.70 Å². The number of thioether (sulfide) groups is 1. The topological polar surface area (TPSA) is 122 Å². The SMILES string of the molecule is CCC(=Cc1sc2ccc(Cl)cc2[n+]1CCCCS(=O)(=O)[O-])C=C1Sc2ccc(Cl)cc2N1CCCCS(=O)(=O)[O-].[H+]. The number of hydrogen-bond donors (Lipinski definition) is 0. The van der Waals surface area contributed by atoms with E-state index in [1.807, 2.05) is 36.4 Å². The van der Waals surface area contributed by atoms with Crippen molar-refractivity contribution in [1.29, 1.82) is 0 Å². The van der Waals surface area contributed by atoms with Crippen LogP contribution in [0.5, 0.6) is 0 Å². The Morgan fingerprint density at radius 3 is 2.32 bits per heavy atom. The molecule has 0 saturated carbocycles. The number of rotatable bonds is 13. The van der Waals surface area contributed by atoms with Gasteiger partial charge in [0.2, 0.25) is 5.52 Å². The van der Waals surface area contributed by atoms with Crippen molar-refractivity contribution < 1.29 is 31.9 Å². The summed E-state index contributed by atoms with van der Waals surface area (Å²) in [5, 5.41) is 3.13. The van der Waals surface area contributed by atoms with Gasteiger partial charge < -0.3 is 14.0 Å². The van der Waals surface area contributed by atoms with Crippen LogP contribution < -0.4 is 9.47 Å². The fourth-order valence-corrected chi connectivity index (χ4v) is 8.22. The zero-order valence-corrected chi connectivity index (χ0v) is 27.0. The van der Waals surface area contributed by atoms with Crippen LogP contribution in [0.3, 0.4) is 0 Å². The molecule has 0 atom stereocenters. The van der Waals surface area contributed by atoms with Gasteiger partial charge in [-0.1, -0.05) is 53.2 Å². The Labute approximate surface area is 260 Å². The second-order valence-electron chi connectivity index (χ2n) is 9.56. The smallest absolute Gasteiger partial charge is 0.748 e. The molecule has 2 heterocycles. The number of aryl methyl sites for hydroxylation is 1. The van der Waals surface area contributed by atoms with E-state index >= 15 is 0 Å². The van der Waals surface area contributed by atoms with Gasteiger partial charge in [-0.3, -0.25) is 0 Å². The number of aromatic nitrogens is 1. The maximum atomic E-state index is 11.1. The van der Waals surface area contributed by atoms with Crippen molar-refractivity contribution in [3.8, 4) is 0 Å². The highest BCUT2D eigenvalue weighted by molar-refractivity contribution is 8.03. The molecule has 41 heavy (non-hydrogen) atoms. The first-order chi connectivity index (χ1) is 19.3. The maximum absolute atomic E-state index is 11.1. The second kappa shape index (κ2) is 13.8. The molecule has 0 spiro atoms. The molecule has 2 aromatic carbocycles. The summed E-state index contributed by atoms with van der Waals surface area (Å²) in [6.07, 6.45) is 6.52. The number of halogens is 2. The molecular formula is C27H30Cl2N2O6S4. The average Bonchev–Trinajstić information content (AvgIpc) is 3.39. The van der Waals surface area contributed by atoms with Crippen molar-refractivity contribution in [3.63, 3.8) is 0 Å². The van der Waals surface area contributed by atoms with Crippen LogP contribution in [0.1, 0.15) is 45.5 Å². The van der Waals surface area contributed by atoms with E-state index in [2.05, 4.69) is 28.5 Å². The lowest BCUT2D eigenvalue weighted by Gasteiger charge is -2.21. The molecule has 0 radical (unpaired) electrons. The molecule has 0 aliphatic carbocycles. The average molecular weight is 678 g/mol. The Hall–Kier alpha value is -1.64. The molecule has 14 heteroatoms. The van der Waals surface area contributed by atoms with E-state index < -0.39 is 31.7 Å². The molecule has 1 aromatic heterocycles. The van der Waals surface area contributed by atoms with E-state index in [0.717, 1.165) is 42.8 Å². The first-order valence-corrected chi connectivity index (χ1v) is 18.5. The van der Waals surface area contributed by atoms with E-state index in [-0.39, 0.29) is 14.3 Å². The molecular weight excluding hydrogens is 647 g/mol. The highest BCUT2D eigenvalue weighted by Crippen LogP contribution is 2.47. The highest BCUT2D eigenvalue weighted by atomic mass is 35.5. The molecule has 1 aliphatic rings. The molecule has 0 amide bonds. The molecule has 0 N–H and O–H groups in total. The van der Waals surface area contributed by atoms with Crippen LogP contribution in [0, 0.1) is 0 Å². The monoisotopic (exact) mass is 676 g/mol. The van der Waals surface area contributed by atoms with E-state index in [1.54, 1.807) is 23.1 Å². The number of nitrogens with zero attached hydrogens (tertiary/aromatic N) is 2. The zero-order valence-electron chi connectivity index (χ0n) is 23.2. The molecule has 3 aromatic rings. The second-order valence-corrected chi connectivity index (χ2v) is 15.6. The minimum atomic E-state index is -4.27. The summed E-state index contributed by atoms with van der Waals surface area (Å²) in [6, 6.07) is 11.3. The standard InChI is InChI=1S/C27H30Cl2N2O6S4/c1-2-19(15-26-30(11-3-5-13-40(32,33)34)22-17-20(28)7-9-24(22)38-26)16-27-31(12-4-6-14-41(35,36)37)23-18-21(29)8-10-25(23)39-27/h7-10,15-18H,2-6,11-14H2,1H3,(H-,32,33,34,35,36,37). The van der Waals surface area contributed by atoms with Crippen LogP contribution in [0.15, 0.2) is 58.0 Å². The molecule has 0 unspecified atom stereocenters. The molecule has 0 fully saturated rings. The molecule has 4 rings (SSSR count). The Bertz CT molecular complexity index is 1710. The lowest BCUT2D eigenvalue weighted by molar-refractivity contribution is -0.669. The third-order valence-electron chi connectivity index (χ3n) is 6.46. The number of thiazole rings is 1. The van der Waals surface area contributed by atoms with Gasteiger partial charge >= 0.3 is 1.43 Å². The first kappa shape index (κ1) is 32.3. The fourth-order valence-electron chi connectivity index (χ4n) is 4.49. The van der Waals surface area contributed by atoms with Crippen LogP contribution >= 0.6 is 46.3 Å². The Morgan fingerprint density at radius 1 is 0.976 bits per heavy atom. The van der Waals surface area contributed by atoms with Gasteiger partial charge in [0.25, 0.3) is 5.01 Å². The normalized spacial score (nSPS) is 15.3. The lowest BCUT2D eigenvalue weighted by Crippen LogP contribution is -2.35. The van der Waals surface area contributed by atoms with Crippen molar-refractivity contribution in [2.24, 2.45) is 0 Å². The summed E-state index contributed by atoms with van der Waals surface area (Å²) in [4.78, 5) is 3.14. The van der Waals surface area contributed by atoms with Gasteiger partial charge in [0.05, 0.1) is 31.0 Å². The summed E-state index contributed by atoms with van der Waals surface area (Å²) < 4.78 is 69.6. The van der Waals surface area contributed by atoms with Crippen LogP contribution in [0.4, 0.5) is 5.69 Å². The van der Waals surface area contributed by atoms with Crippen molar-refractivity contribution in [2.45, 2.75) is 50.5 Å². The van der Waals surface area contributed by atoms with Gasteiger partial charge in [0.15, 0.2) is 6.54 Å². The molecule has 8 nitrogen and oxygen atoms in total. The summed E-state index contributed by atoms with van der Waals surface area (Å²) in [5.74, 6) is -0.793. The van der Waals surface area contributed by atoms with E-state index in [4.69, 9.17) is 23.2 Å². The summed E-state index contributed by atoms with van der Waals surface area (Å²) in [6.45, 7) is 3.12. The Kier molecular flexibility index (Phi) is 10.8. The third kappa shape index (κ3) is 9.17. The van der Waals surface area contributed by atoms with E-state index in [0.29, 0.717) is 36.0 Å². The number of allylic oxidation sites excluding steroid dienone is 2. The lowest BCUT2D eigenvalue weighted by atomic mass is 10.2. The van der Waals surface area contributed by atoms with E-state index in [1.165, 1.54) is 0 Å². The summed E-state index contributed by atoms with van der Waals surface area (Å²) >= 11 is 15.8. The van der Waals surface area contributed by atoms with Crippen LogP contribution in [0.25, 0.3) is 16.3 Å². The number of anilines is 1. The maximum Gasteiger partial charge on any atom is 1.00 e. The first-order valence-electron chi connectivity index (χ1n) is 13.0. The van der Waals surface area contributed by atoms with Crippen LogP contribution in [-0.2, 0) is 26.8 Å². The fraction of sp³-hybridized carbons (Fsp3) is 0.370. The number of fused-ring (bicyclic) bond motifs is 2. The van der Waals surface area contributed by atoms with Crippen LogP contribution in [-0.4, -0.2) is 44.0 Å². The number of hydrogen-bond acceptors (Lipinski definition) is 9. The van der Waals surface area contributed by atoms with Crippen molar-refractivity contribution in [2.75, 3.05) is 23.0 Å². The van der Waals surface area contributed by atoms with Gasteiger partial charge in [-0.05, 0) is 67.7 Å². The molecule has 222 valence electrons. The number of benzene rings is 2. The Morgan fingerprint density at radius 2 is 1.63 bits per heavy atom. The quantitative estimate of drug-likeness (QED) is 0.114. The minimum absolute atomic E-state index is 0. The zero-order chi connectivity index (χ0) is 29.8. The number of unbranched alkanes of at least 4 members (excludes halogenated alkanes) is 2. The molecule has 1 aliphatic heterocycles. The highest BCUT2D eigenvalue weighted by Gasteiger charge is 2.26. The summed E-state index contributed by atoms with van der Waals surface area (Å²) in [5.41, 5.74) is 2.93. The molecule has 0 saturated heterocycles. The van der Waals surface area contributed by atoms with Gasteiger partial charge in [0, 0.05) is 51.6 Å². The van der Waals surface area contributed by atoms with Crippen molar-refractivity contribution >= 4 is 88.5 Å². The van der Waals surface area contributed by atoms with Gasteiger partial charge in [-0.15, -0.1) is 0 Å². The predicted molar refractivity (Wildman–Crippen MR) is 167 cm³/mol. The third-order valence-corrected chi connectivity index (χ3v) is 10.7.